The van der Waals surface area contributed by atoms with Gasteiger partial charge in [-0.1, -0.05) is 23.7 Å². The van der Waals surface area contributed by atoms with Gasteiger partial charge in [0.25, 0.3) is 0 Å². The predicted molar refractivity (Wildman–Crippen MR) is 80.9 cm³/mol. The van der Waals surface area contributed by atoms with Gasteiger partial charge in [0.05, 0.1) is 17.8 Å². The number of hydrogen-bond donors (Lipinski definition) is 2. The first kappa shape index (κ1) is 13.6. The molecule has 0 aromatic heterocycles. The van der Waals surface area contributed by atoms with Crippen LogP contribution >= 0.6 is 11.6 Å². The SMILES string of the molecule is COc1cccc(CNc2cc(Cl)c(N)cc2C)c1. The maximum Gasteiger partial charge on any atom is 0.119 e. The Balaban J connectivity index is 2.12. The molecule has 19 heavy (non-hydrogen) atoms. The van der Waals surface area contributed by atoms with Crippen molar-refractivity contribution in [2.24, 2.45) is 0 Å². The number of aryl methyl sites for hydroxylation is 1. The first-order valence-electron chi connectivity index (χ1n) is 6.02. The molecule has 0 aliphatic heterocycles. The van der Waals surface area contributed by atoms with E-state index in [9.17, 15) is 0 Å². The largest absolute Gasteiger partial charge is 0.497 e. The van der Waals surface area contributed by atoms with Gasteiger partial charge in [-0.2, -0.15) is 0 Å². The summed E-state index contributed by atoms with van der Waals surface area (Å²) in [5.41, 5.74) is 9.57. The second-order valence-electron chi connectivity index (χ2n) is 4.39. The summed E-state index contributed by atoms with van der Waals surface area (Å²) in [4.78, 5) is 0. The molecule has 4 heteroatoms. The average molecular weight is 277 g/mol. The number of nitrogens with two attached hydrogens (primary N) is 1. The zero-order valence-electron chi connectivity index (χ0n) is 11.0. The third-order valence-electron chi connectivity index (χ3n) is 2.96. The van der Waals surface area contributed by atoms with Crippen molar-refractivity contribution in [1.82, 2.24) is 0 Å². The monoisotopic (exact) mass is 276 g/mol. The van der Waals surface area contributed by atoms with Crippen molar-refractivity contribution in [3.8, 4) is 5.75 Å². The quantitative estimate of drug-likeness (QED) is 0.834. The fraction of sp³-hybridized carbons (Fsp3) is 0.200. The van der Waals surface area contributed by atoms with Gasteiger partial charge in [-0.05, 0) is 42.3 Å². The van der Waals surface area contributed by atoms with E-state index in [0.29, 0.717) is 17.3 Å². The van der Waals surface area contributed by atoms with Crippen LogP contribution in [0, 0.1) is 6.92 Å². The molecule has 0 radical (unpaired) electrons. The zero-order chi connectivity index (χ0) is 13.8. The molecule has 0 aliphatic carbocycles. The standard InChI is InChI=1S/C15H17ClN2O/c1-10-6-14(17)13(16)8-15(10)18-9-11-4-3-5-12(7-11)19-2/h3-8,18H,9,17H2,1-2H3. The number of benzene rings is 2. The molecule has 2 aromatic rings. The van der Waals surface area contributed by atoms with Gasteiger partial charge in [-0.15, -0.1) is 0 Å². The molecule has 0 fully saturated rings. The van der Waals surface area contributed by atoms with Crippen molar-refractivity contribution in [3.05, 3.63) is 52.5 Å². The van der Waals surface area contributed by atoms with Crippen LogP contribution in [0.5, 0.6) is 5.75 Å². The second-order valence-corrected chi connectivity index (χ2v) is 4.80. The van der Waals surface area contributed by atoms with Gasteiger partial charge in [0.2, 0.25) is 0 Å². The minimum Gasteiger partial charge on any atom is -0.497 e. The fourth-order valence-electron chi connectivity index (χ4n) is 1.87. The van der Waals surface area contributed by atoms with E-state index in [-0.39, 0.29) is 0 Å². The maximum absolute atomic E-state index is 6.03. The van der Waals surface area contributed by atoms with Crippen molar-refractivity contribution in [2.45, 2.75) is 13.5 Å². The fourth-order valence-corrected chi connectivity index (χ4v) is 2.04. The Labute approximate surface area is 118 Å². The normalized spacial score (nSPS) is 10.3. The Hall–Kier alpha value is -1.87. The van der Waals surface area contributed by atoms with Crippen LogP contribution in [0.1, 0.15) is 11.1 Å². The van der Waals surface area contributed by atoms with Gasteiger partial charge in [-0.3, -0.25) is 0 Å². The number of rotatable bonds is 4. The van der Waals surface area contributed by atoms with Crippen LogP contribution in [-0.2, 0) is 6.54 Å². The zero-order valence-corrected chi connectivity index (χ0v) is 11.8. The molecule has 0 amide bonds. The third kappa shape index (κ3) is 3.32. The molecule has 0 spiro atoms. The molecule has 2 aromatic carbocycles. The van der Waals surface area contributed by atoms with Crippen molar-refractivity contribution >= 4 is 23.0 Å². The van der Waals surface area contributed by atoms with E-state index in [4.69, 9.17) is 22.1 Å². The van der Waals surface area contributed by atoms with E-state index in [1.54, 1.807) is 7.11 Å². The lowest BCUT2D eigenvalue weighted by Gasteiger charge is -2.12. The first-order chi connectivity index (χ1) is 9.10. The number of ether oxygens (including phenoxy) is 1. The Bertz CT molecular complexity index is 584. The van der Waals surface area contributed by atoms with E-state index < -0.39 is 0 Å². The van der Waals surface area contributed by atoms with Gasteiger partial charge in [0, 0.05) is 12.2 Å². The summed E-state index contributed by atoms with van der Waals surface area (Å²) in [5, 5.41) is 3.92. The average Bonchev–Trinajstić information content (AvgIpc) is 2.41. The number of hydrogen-bond acceptors (Lipinski definition) is 3. The van der Waals surface area contributed by atoms with Crippen LogP contribution in [0.4, 0.5) is 11.4 Å². The number of methoxy groups -OCH3 is 1. The molecule has 0 atom stereocenters. The van der Waals surface area contributed by atoms with E-state index >= 15 is 0 Å². The highest BCUT2D eigenvalue weighted by molar-refractivity contribution is 6.33. The summed E-state index contributed by atoms with van der Waals surface area (Å²) in [6, 6.07) is 11.7. The summed E-state index contributed by atoms with van der Waals surface area (Å²) >= 11 is 6.03. The maximum atomic E-state index is 6.03. The van der Waals surface area contributed by atoms with Gasteiger partial charge in [0.15, 0.2) is 0 Å². The van der Waals surface area contributed by atoms with Crippen LogP contribution in [0.2, 0.25) is 5.02 Å². The smallest absolute Gasteiger partial charge is 0.119 e. The van der Waals surface area contributed by atoms with Crippen molar-refractivity contribution < 1.29 is 4.74 Å². The van der Waals surface area contributed by atoms with E-state index in [1.807, 2.05) is 43.3 Å². The molecular weight excluding hydrogens is 260 g/mol. The highest BCUT2D eigenvalue weighted by Gasteiger charge is 2.03. The number of anilines is 2. The van der Waals surface area contributed by atoms with E-state index in [2.05, 4.69) is 5.32 Å². The molecule has 3 N–H and O–H groups in total. The van der Waals surface area contributed by atoms with Crippen molar-refractivity contribution in [3.63, 3.8) is 0 Å². The minimum absolute atomic E-state index is 0.568. The second kappa shape index (κ2) is 5.85. The molecule has 0 unspecified atom stereocenters. The van der Waals surface area contributed by atoms with Crippen LogP contribution in [-0.4, -0.2) is 7.11 Å². The minimum atomic E-state index is 0.568. The highest BCUT2D eigenvalue weighted by Crippen LogP contribution is 2.27. The summed E-state index contributed by atoms with van der Waals surface area (Å²) in [5.74, 6) is 0.853. The molecule has 3 nitrogen and oxygen atoms in total. The molecule has 100 valence electrons. The Morgan fingerprint density at radius 1 is 1.26 bits per heavy atom. The Morgan fingerprint density at radius 2 is 2.05 bits per heavy atom. The number of nitrogens with one attached hydrogen (secondary N) is 1. The topological polar surface area (TPSA) is 47.3 Å². The Morgan fingerprint density at radius 3 is 2.79 bits per heavy atom. The number of halogens is 1. The molecule has 2 rings (SSSR count). The molecule has 0 saturated heterocycles. The van der Waals surface area contributed by atoms with Crippen LogP contribution in [0.3, 0.4) is 0 Å². The summed E-state index contributed by atoms with van der Waals surface area (Å²) in [7, 11) is 1.66. The van der Waals surface area contributed by atoms with Crippen LogP contribution in [0.25, 0.3) is 0 Å². The van der Waals surface area contributed by atoms with Gasteiger partial charge < -0.3 is 15.8 Å². The first-order valence-corrected chi connectivity index (χ1v) is 6.40. The lowest BCUT2D eigenvalue weighted by molar-refractivity contribution is 0.414. The predicted octanol–water partition coefficient (Wildman–Crippen LogP) is 3.85. The van der Waals surface area contributed by atoms with Gasteiger partial charge >= 0.3 is 0 Å². The Kier molecular flexibility index (Phi) is 4.17. The lowest BCUT2D eigenvalue weighted by Crippen LogP contribution is -2.02. The van der Waals surface area contributed by atoms with E-state index in [0.717, 1.165) is 22.6 Å². The summed E-state index contributed by atoms with van der Waals surface area (Å²) in [6.45, 7) is 2.71. The molecule has 0 heterocycles. The molecule has 0 saturated carbocycles. The van der Waals surface area contributed by atoms with Crippen LogP contribution < -0.4 is 15.8 Å². The van der Waals surface area contributed by atoms with E-state index in [1.165, 1.54) is 0 Å². The highest BCUT2D eigenvalue weighted by atomic mass is 35.5. The summed E-state index contributed by atoms with van der Waals surface area (Å²) < 4.78 is 5.20. The molecule has 0 bridgehead atoms. The van der Waals surface area contributed by atoms with Crippen molar-refractivity contribution in [1.29, 1.82) is 0 Å². The molecule has 0 aliphatic rings. The van der Waals surface area contributed by atoms with Gasteiger partial charge in [0.1, 0.15) is 5.75 Å². The molecular formula is C15H17ClN2O. The third-order valence-corrected chi connectivity index (χ3v) is 3.29. The van der Waals surface area contributed by atoms with Crippen LogP contribution in [0.15, 0.2) is 36.4 Å². The number of nitrogen functional groups attached to an aromatic ring is 1. The summed E-state index contributed by atoms with van der Waals surface area (Å²) in [6.07, 6.45) is 0. The van der Waals surface area contributed by atoms with Gasteiger partial charge in [-0.25, -0.2) is 0 Å². The lowest BCUT2D eigenvalue weighted by atomic mass is 10.1. The van der Waals surface area contributed by atoms with Crippen molar-refractivity contribution in [2.75, 3.05) is 18.2 Å².